The van der Waals surface area contributed by atoms with E-state index in [1.807, 2.05) is 0 Å². The zero-order valence-corrected chi connectivity index (χ0v) is 17.2. The summed E-state index contributed by atoms with van der Waals surface area (Å²) in [5.74, 6) is -0.506. The zero-order valence-electron chi connectivity index (χ0n) is 16.3. The molecule has 2 aromatic rings. The topological polar surface area (TPSA) is 82.1 Å². The highest BCUT2D eigenvalue weighted by Crippen LogP contribution is 2.41. The highest BCUT2D eigenvalue weighted by molar-refractivity contribution is 7.89. The van der Waals surface area contributed by atoms with Gasteiger partial charge in [0.25, 0.3) is 0 Å². The lowest BCUT2D eigenvalue weighted by molar-refractivity contribution is -0.141. The summed E-state index contributed by atoms with van der Waals surface area (Å²) >= 11 is 0. The van der Waals surface area contributed by atoms with Gasteiger partial charge in [-0.15, -0.1) is 0 Å². The van der Waals surface area contributed by atoms with Crippen molar-refractivity contribution in [2.45, 2.75) is 23.8 Å². The first-order valence-electron chi connectivity index (χ1n) is 8.91. The van der Waals surface area contributed by atoms with Gasteiger partial charge in [-0.1, -0.05) is 12.1 Å². The molecule has 156 valence electrons. The minimum Gasteiger partial charge on any atom is -0.493 e. The number of sulfonamides is 1. The van der Waals surface area contributed by atoms with Crippen LogP contribution in [0.2, 0.25) is 0 Å². The lowest BCUT2D eigenvalue weighted by Gasteiger charge is -2.36. The van der Waals surface area contributed by atoms with Gasteiger partial charge in [0.05, 0.1) is 33.8 Å². The van der Waals surface area contributed by atoms with E-state index in [1.54, 1.807) is 12.1 Å². The average Bonchev–Trinajstić information content (AvgIpc) is 2.72. The second-order valence-electron chi connectivity index (χ2n) is 6.50. The number of hydrogen-bond donors (Lipinski definition) is 0. The van der Waals surface area contributed by atoms with Crippen LogP contribution in [0, 0.1) is 5.82 Å². The monoisotopic (exact) mass is 423 g/mol. The van der Waals surface area contributed by atoms with Crippen LogP contribution in [0.1, 0.15) is 23.6 Å². The van der Waals surface area contributed by atoms with Crippen molar-refractivity contribution in [3.05, 3.63) is 53.3 Å². The Morgan fingerprint density at radius 3 is 2.41 bits per heavy atom. The van der Waals surface area contributed by atoms with Crippen molar-refractivity contribution in [1.29, 1.82) is 0 Å². The largest absolute Gasteiger partial charge is 0.493 e. The van der Waals surface area contributed by atoms with Gasteiger partial charge in [-0.25, -0.2) is 12.8 Å². The molecule has 1 heterocycles. The maximum atomic E-state index is 14.3. The Labute approximate surface area is 169 Å². The van der Waals surface area contributed by atoms with Crippen molar-refractivity contribution < 1.29 is 31.8 Å². The van der Waals surface area contributed by atoms with Gasteiger partial charge in [0, 0.05) is 6.54 Å². The second kappa shape index (κ2) is 8.38. The normalized spacial score (nSPS) is 16.8. The molecule has 0 saturated heterocycles. The number of nitrogens with zero attached hydrogens (tertiary/aromatic N) is 1. The van der Waals surface area contributed by atoms with Gasteiger partial charge in [-0.2, -0.15) is 4.31 Å². The van der Waals surface area contributed by atoms with E-state index < -0.39 is 32.7 Å². The number of hydrogen-bond acceptors (Lipinski definition) is 6. The number of halogens is 1. The fraction of sp³-hybridized carbons (Fsp3) is 0.350. The van der Waals surface area contributed by atoms with E-state index in [4.69, 9.17) is 14.2 Å². The van der Waals surface area contributed by atoms with Gasteiger partial charge < -0.3 is 14.2 Å². The Bertz CT molecular complexity index is 1020. The van der Waals surface area contributed by atoms with E-state index in [0.29, 0.717) is 23.5 Å². The molecule has 3 rings (SSSR count). The van der Waals surface area contributed by atoms with Crippen molar-refractivity contribution in [1.82, 2.24) is 4.31 Å². The average molecular weight is 423 g/mol. The molecular weight excluding hydrogens is 401 g/mol. The van der Waals surface area contributed by atoms with Gasteiger partial charge in [-0.3, -0.25) is 4.79 Å². The maximum Gasteiger partial charge on any atom is 0.307 e. The Kier molecular flexibility index (Phi) is 6.09. The van der Waals surface area contributed by atoms with Gasteiger partial charge in [0.1, 0.15) is 10.7 Å². The van der Waals surface area contributed by atoms with Crippen LogP contribution in [0.5, 0.6) is 11.5 Å². The van der Waals surface area contributed by atoms with Crippen molar-refractivity contribution >= 4 is 16.0 Å². The third kappa shape index (κ3) is 3.92. The van der Waals surface area contributed by atoms with Crippen molar-refractivity contribution in [2.24, 2.45) is 0 Å². The Morgan fingerprint density at radius 1 is 1.14 bits per heavy atom. The first-order chi connectivity index (χ1) is 13.8. The lowest BCUT2D eigenvalue weighted by atomic mass is 9.91. The van der Waals surface area contributed by atoms with E-state index in [0.717, 1.165) is 15.9 Å². The van der Waals surface area contributed by atoms with Gasteiger partial charge >= 0.3 is 5.97 Å². The molecular formula is C20H22FNO6S. The van der Waals surface area contributed by atoms with Crippen molar-refractivity contribution in [3.8, 4) is 11.5 Å². The van der Waals surface area contributed by atoms with E-state index in [-0.39, 0.29) is 13.0 Å². The first-order valence-corrected chi connectivity index (χ1v) is 10.4. The van der Waals surface area contributed by atoms with Crippen LogP contribution < -0.4 is 9.47 Å². The molecule has 7 nitrogen and oxygen atoms in total. The third-order valence-corrected chi connectivity index (χ3v) is 6.91. The predicted octanol–water partition coefficient (Wildman–Crippen LogP) is 2.69. The second-order valence-corrected chi connectivity index (χ2v) is 8.36. The number of fused-ring (bicyclic) bond motifs is 1. The number of benzene rings is 2. The molecule has 29 heavy (non-hydrogen) atoms. The maximum absolute atomic E-state index is 14.3. The van der Waals surface area contributed by atoms with E-state index >= 15 is 0 Å². The van der Waals surface area contributed by atoms with Crippen LogP contribution in [0.3, 0.4) is 0 Å². The quantitative estimate of drug-likeness (QED) is 0.665. The van der Waals surface area contributed by atoms with Gasteiger partial charge in [-0.05, 0) is 41.8 Å². The molecule has 0 saturated carbocycles. The summed E-state index contributed by atoms with van der Waals surface area (Å²) in [5.41, 5.74) is 1.43. The predicted molar refractivity (Wildman–Crippen MR) is 103 cm³/mol. The van der Waals surface area contributed by atoms with E-state index in [2.05, 4.69) is 0 Å². The van der Waals surface area contributed by atoms with Crippen LogP contribution in [-0.4, -0.2) is 46.6 Å². The number of ether oxygens (including phenoxy) is 3. The number of methoxy groups -OCH3 is 3. The van der Waals surface area contributed by atoms with Crippen LogP contribution in [-0.2, 0) is 26.0 Å². The molecule has 2 aromatic carbocycles. The summed E-state index contributed by atoms with van der Waals surface area (Å²) in [6.07, 6.45) is 0.160. The molecule has 0 amide bonds. The summed E-state index contributed by atoms with van der Waals surface area (Å²) < 4.78 is 57.4. The van der Waals surface area contributed by atoms with Gasteiger partial charge in [0.2, 0.25) is 10.0 Å². The number of carbonyl (C=O) groups is 1. The van der Waals surface area contributed by atoms with Crippen LogP contribution in [0.15, 0.2) is 41.3 Å². The molecule has 1 aliphatic rings. The summed E-state index contributed by atoms with van der Waals surface area (Å²) in [4.78, 5) is 11.6. The Hall–Kier alpha value is -2.65. The molecule has 0 aromatic heterocycles. The van der Waals surface area contributed by atoms with Crippen molar-refractivity contribution in [3.63, 3.8) is 0 Å². The smallest absolute Gasteiger partial charge is 0.307 e. The van der Waals surface area contributed by atoms with Crippen molar-refractivity contribution in [2.75, 3.05) is 27.9 Å². The molecule has 1 aliphatic heterocycles. The SMILES string of the molecule is COC(=O)CC1c2cc(OC)c(OC)cc2CCN1S(=O)(=O)c1ccccc1F. The number of carbonyl (C=O) groups excluding carboxylic acids is 1. The minimum atomic E-state index is -4.20. The Balaban J connectivity index is 2.14. The van der Waals surface area contributed by atoms with Gasteiger partial charge in [0.15, 0.2) is 11.5 Å². The van der Waals surface area contributed by atoms with Crippen LogP contribution in [0.4, 0.5) is 4.39 Å². The molecule has 1 atom stereocenters. The van der Waals surface area contributed by atoms with Crippen LogP contribution in [0.25, 0.3) is 0 Å². The standard InChI is InChI=1S/C20H22FNO6S/c1-26-17-10-13-8-9-22(29(24,25)19-7-5-4-6-15(19)21)16(12-20(23)28-3)14(13)11-18(17)27-2/h4-7,10-11,16H,8-9,12H2,1-3H3. The minimum absolute atomic E-state index is 0.0841. The molecule has 1 unspecified atom stereocenters. The number of rotatable bonds is 6. The van der Waals surface area contributed by atoms with E-state index in [1.165, 1.54) is 39.5 Å². The van der Waals surface area contributed by atoms with E-state index in [9.17, 15) is 17.6 Å². The molecule has 0 spiro atoms. The molecule has 0 bridgehead atoms. The fourth-order valence-corrected chi connectivity index (χ4v) is 5.20. The Morgan fingerprint density at radius 2 is 1.79 bits per heavy atom. The molecule has 0 aliphatic carbocycles. The molecule has 0 N–H and O–H groups in total. The summed E-state index contributed by atoms with van der Waals surface area (Å²) in [5, 5.41) is 0. The fourth-order valence-electron chi connectivity index (χ4n) is 3.53. The highest BCUT2D eigenvalue weighted by atomic mass is 32.2. The third-order valence-electron chi connectivity index (χ3n) is 4.96. The summed E-state index contributed by atoms with van der Waals surface area (Å²) in [7, 11) is 0.0137. The zero-order chi connectivity index (χ0) is 21.2. The molecule has 0 fully saturated rings. The highest BCUT2D eigenvalue weighted by Gasteiger charge is 2.39. The number of esters is 1. The van der Waals surface area contributed by atoms with Crippen LogP contribution >= 0.6 is 0 Å². The summed E-state index contributed by atoms with van der Waals surface area (Å²) in [6.45, 7) is 0.0841. The molecule has 9 heteroatoms. The first kappa shape index (κ1) is 21.1. The molecule has 0 radical (unpaired) electrons. The summed E-state index contributed by atoms with van der Waals surface area (Å²) in [6, 6.07) is 7.74. The lowest BCUT2D eigenvalue weighted by Crippen LogP contribution is -2.41.